The molecule has 37 heavy (non-hydrogen) atoms. The maximum Gasteiger partial charge on any atom is 0.270 e. The molecule has 12 heteroatoms. The maximum absolute atomic E-state index is 13.1. The van der Waals surface area contributed by atoms with Crippen LogP contribution in [0.25, 0.3) is 12.2 Å². The normalized spacial score (nSPS) is 11.2. The van der Waals surface area contributed by atoms with E-state index in [1.165, 1.54) is 59.8 Å². The molecule has 0 atom stereocenters. The number of nitro groups is 1. The van der Waals surface area contributed by atoms with Gasteiger partial charge in [0.2, 0.25) is 5.75 Å². The molecule has 0 aliphatic heterocycles. The van der Waals surface area contributed by atoms with Crippen molar-refractivity contribution in [2.24, 2.45) is 0 Å². The van der Waals surface area contributed by atoms with Gasteiger partial charge in [-0.3, -0.25) is 14.8 Å². The Morgan fingerprint density at radius 1 is 0.784 bits per heavy atom. The number of methoxy groups -OCH3 is 5. The van der Waals surface area contributed by atoms with Crippen LogP contribution in [-0.2, 0) is 10.0 Å². The minimum absolute atomic E-state index is 0.160. The number of hydrogen-bond donors (Lipinski definition) is 1. The third-order valence-electron chi connectivity index (χ3n) is 5.28. The molecule has 3 aromatic carbocycles. The second kappa shape index (κ2) is 11.5. The highest BCUT2D eigenvalue weighted by atomic mass is 32.2. The minimum atomic E-state index is -4.19. The molecule has 0 heterocycles. The van der Waals surface area contributed by atoms with Gasteiger partial charge in [-0.05, 0) is 29.8 Å². The zero-order valence-electron chi connectivity index (χ0n) is 20.8. The molecule has 0 bridgehead atoms. The number of non-ortho nitro benzene ring substituents is 1. The van der Waals surface area contributed by atoms with E-state index >= 15 is 0 Å². The Kier molecular flexibility index (Phi) is 8.45. The summed E-state index contributed by atoms with van der Waals surface area (Å²) in [5.41, 5.74) is 0.919. The highest BCUT2D eigenvalue weighted by molar-refractivity contribution is 7.92. The monoisotopic (exact) mass is 530 g/mol. The molecule has 0 aliphatic rings. The lowest BCUT2D eigenvalue weighted by atomic mass is 10.1. The second-order valence-corrected chi connectivity index (χ2v) is 9.13. The molecule has 0 fully saturated rings. The Bertz CT molecular complexity index is 1410. The molecule has 0 spiro atoms. The number of ether oxygens (including phenoxy) is 5. The van der Waals surface area contributed by atoms with E-state index in [9.17, 15) is 18.5 Å². The smallest absolute Gasteiger partial charge is 0.270 e. The van der Waals surface area contributed by atoms with Crippen molar-refractivity contribution in [3.8, 4) is 28.7 Å². The van der Waals surface area contributed by atoms with E-state index in [-0.39, 0.29) is 22.0 Å². The number of nitrogens with zero attached hydrogens (tertiary/aromatic N) is 1. The molecule has 196 valence electrons. The minimum Gasteiger partial charge on any atom is -0.493 e. The Labute approximate surface area is 214 Å². The molecular weight excluding hydrogens is 504 g/mol. The number of sulfonamides is 1. The van der Waals surface area contributed by atoms with E-state index in [0.717, 1.165) is 6.07 Å². The van der Waals surface area contributed by atoms with E-state index in [1.807, 2.05) is 0 Å². The quantitative estimate of drug-likeness (QED) is 0.214. The number of nitro benzene ring substituents is 1. The van der Waals surface area contributed by atoms with Crippen molar-refractivity contribution in [1.82, 2.24) is 0 Å². The highest BCUT2D eigenvalue weighted by Gasteiger charge is 2.21. The summed E-state index contributed by atoms with van der Waals surface area (Å²) in [5, 5.41) is 11.1. The molecule has 3 aromatic rings. The van der Waals surface area contributed by atoms with Crippen LogP contribution in [0.4, 0.5) is 11.4 Å². The molecule has 0 aromatic heterocycles. The Hall–Kier alpha value is -4.45. The van der Waals surface area contributed by atoms with Crippen LogP contribution in [0, 0.1) is 10.1 Å². The molecular formula is C25H26N2O9S. The number of hydrogen-bond acceptors (Lipinski definition) is 9. The first-order chi connectivity index (χ1) is 17.7. The predicted octanol–water partition coefficient (Wildman–Crippen LogP) is 4.61. The third kappa shape index (κ3) is 6.04. The second-order valence-electron chi connectivity index (χ2n) is 7.45. The Balaban J connectivity index is 2.09. The molecule has 0 unspecified atom stereocenters. The zero-order chi connectivity index (χ0) is 27.2. The van der Waals surface area contributed by atoms with Gasteiger partial charge in [-0.1, -0.05) is 18.2 Å². The molecule has 3 rings (SSSR count). The lowest BCUT2D eigenvalue weighted by molar-refractivity contribution is -0.385. The fourth-order valence-corrected chi connectivity index (χ4v) is 4.59. The van der Waals surface area contributed by atoms with Gasteiger partial charge >= 0.3 is 0 Å². The molecule has 1 N–H and O–H groups in total. The van der Waals surface area contributed by atoms with Gasteiger partial charge in [0.05, 0.1) is 51.1 Å². The average Bonchev–Trinajstić information content (AvgIpc) is 2.91. The number of benzene rings is 3. The molecule has 0 saturated carbocycles. The van der Waals surface area contributed by atoms with Crippen molar-refractivity contribution in [3.63, 3.8) is 0 Å². The van der Waals surface area contributed by atoms with Gasteiger partial charge in [-0.25, -0.2) is 8.42 Å². The number of anilines is 1. The topological polar surface area (TPSA) is 135 Å². The van der Waals surface area contributed by atoms with E-state index in [1.54, 1.807) is 30.4 Å². The summed E-state index contributed by atoms with van der Waals surface area (Å²) in [6.45, 7) is 0. The van der Waals surface area contributed by atoms with Crippen molar-refractivity contribution >= 4 is 33.6 Å². The SMILES string of the molecule is COc1cc(C=Cc2cc(OC)c(OC)c(OC)c2)c(NS(=O)(=O)c2cccc([N+](=O)[O-])c2)cc1OC. The van der Waals surface area contributed by atoms with E-state index in [0.29, 0.717) is 34.1 Å². The van der Waals surface area contributed by atoms with Crippen LogP contribution in [0.2, 0.25) is 0 Å². The van der Waals surface area contributed by atoms with Crippen LogP contribution in [-0.4, -0.2) is 48.9 Å². The lowest BCUT2D eigenvalue weighted by Gasteiger charge is -2.15. The van der Waals surface area contributed by atoms with Crippen LogP contribution in [0.5, 0.6) is 28.7 Å². The van der Waals surface area contributed by atoms with Crippen molar-refractivity contribution in [2.75, 3.05) is 40.3 Å². The van der Waals surface area contributed by atoms with Gasteiger partial charge in [0.15, 0.2) is 23.0 Å². The van der Waals surface area contributed by atoms with Crippen LogP contribution in [0.15, 0.2) is 53.4 Å². The number of nitrogens with one attached hydrogen (secondary N) is 1. The van der Waals surface area contributed by atoms with Gasteiger partial charge in [0.1, 0.15) is 0 Å². The lowest BCUT2D eigenvalue weighted by Crippen LogP contribution is -2.14. The largest absolute Gasteiger partial charge is 0.493 e. The van der Waals surface area contributed by atoms with Gasteiger partial charge in [-0.15, -0.1) is 0 Å². The van der Waals surface area contributed by atoms with Gasteiger partial charge in [0.25, 0.3) is 15.7 Å². The predicted molar refractivity (Wildman–Crippen MR) is 138 cm³/mol. The molecule has 0 radical (unpaired) electrons. The van der Waals surface area contributed by atoms with Gasteiger partial charge in [-0.2, -0.15) is 0 Å². The zero-order valence-corrected chi connectivity index (χ0v) is 21.6. The number of rotatable bonds is 11. The van der Waals surface area contributed by atoms with Crippen LogP contribution in [0.1, 0.15) is 11.1 Å². The van der Waals surface area contributed by atoms with E-state index in [4.69, 9.17) is 23.7 Å². The summed E-state index contributed by atoms with van der Waals surface area (Å²) in [4.78, 5) is 10.2. The first-order valence-electron chi connectivity index (χ1n) is 10.7. The Morgan fingerprint density at radius 3 is 1.92 bits per heavy atom. The summed E-state index contributed by atoms with van der Waals surface area (Å²) in [7, 11) is 3.18. The first-order valence-corrected chi connectivity index (χ1v) is 12.2. The summed E-state index contributed by atoms with van der Waals surface area (Å²) >= 11 is 0. The standard InChI is InChI=1S/C25H26N2O9S/c1-32-21-13-17(10-9-16-11-23(34-3)25(36-5)24(12-16)35-4)20(15-22(21)33-2)26-37(30,31)19-8-6-7-18(14-19)27(28)29/h6-15,26H,1-5H3. The highest BCUT2D eigenvalue weighted by Crippen LogP contribution is 2.39. The third-order valence-corrected chi connectivity index (χ3v) is 6.64. The first kappa shape index (κ1) is 27.1. The van der Waals surface area contributed by atoms with Crippen LogP contribution in [0.3, 0.4) is 0 Å². The molecule has 11 nitrogen and oxygen atoms in total. The molecule has 0 aliphatic carbocycles. The summed E-state index contributed by atoms with van der Waals surface area (Å²) in [6.07, 6.45) is 3.38. The Morgan fingerprint density at radius 2 is 1.38 bits per heavy atom. The fraction of sp³-hybridized carbons (Fsp3) is 0.200. The van der Waals surface area contributed by atoms with Crippen molar-refractivity contribution in [1.29, 1.82) is 0 Å². The van der Waals surface area contributed by atoms with Crippen molar-refractivity contribution < 1.29 is 37.0 Å². The van der Waals surface area contributed by atoms with Gasteiger partial charge in [0, 0.05) is 23.8 Å². The van der Waals surface area contributed by atoms with Crippen molar-refractivity contribution in [3.05, 3.63) is 69.8 Å². The summed E-state index contributed by atoms with van der Waals surface area (Å²) < 4.78 is 55.6. The molecule has 0 saturated heterocycles. The van der Waals surface area contributed by atoms with Crippen LogP contribution < -0.4 is 28.4 Å². The summed E-state index contributed by atoms with van der Waals surface area (Å²) in [5.74, 6) is 1.97. The fourth-order valence-electron chi connectivity index (χ4n) is 3.47. The van der Waals surface area contributed by atoms with Crippen molar-refractivity contribution in [2.45, 2.75) is 4.90 Å². The van der Waals surface area contributed by atoms with E-state index in [2.05, 4.69) is 4.72 Å². The van der Waals surface area contributed by atoms with Crippen LogP contribution >= 0.6 is 0 Å². The molecule has 0 amide bonds. The van der Waals surface area contributed by atoms with E-state index < -0.39 is 14.9 Å². The van der Waals surface area contributed by atoms with Gasteiger partial charge < -0.3 is 23.7 Å². The average molecular weight is 531 g/mol. The summed E-state index contributed by atoms with van der Waals surface area (Å²) in [6, 6.07) is 11.3. The maximum atomic E-state index is 13.1.